The maximum atomic E-state index is 12.9. The summed E-state index contributed by atoms with van der Waals surface area (Å²) >= 11 is 0. The van der Waals surface area contributed by atoms with Crippen LogP contribution in [-0.4, -0.2) is 53.2 Å². The molecular formula is C25H31N7O2. The molecule has 1 spiro atoms. The van der Waals surface area contributed by atoms with Gasteiger partial charge in [-0.05, 0) is 56.7 Å². The normalized spacial score (nSPS) is 25.6. The van der Waals surface area contributed by atoms with Gasteiger partial charge in [-0.2, -0.15) is 4.98 Å². The van der Waals surface area contributed by atoms with E-state index >= 15 is 0 Å². The second kappa shape index (κ2) is 9.13. The number of nitrogens with zero attached hydrogens (tertiary/aromatic N) is 4. The molecule has 1 aliphatic carbocycles. The molecule has 3 N–H and O–H groups in total. The zero-order valence-corrected chi connectivity index (χ0v) is 19.6. The van der Waals surface area contributed by atoms with Crippen molar-refractivity contribution >= 4 is 30.3 Å². The van der Waals surface area contributed by atoms with Crippen LogP contribution in [0, 0.1) is 0 Å². The van der Waals surface area contributed by atoms with E-state index in [-0.39, 0.29) is 24.3 Å². The van der Waals surface area contributed by atoms with E-state index in [0.717, 1.165) is 56.6 Å². The number of aromatic nitrogens is 2. The van der Waals surface area contributed by atoms with Crippen molar-refractivity contribution in [1.82, 2.24) is 20.6 Å². The maximum Gasteiger partial charge on any atom is 0.253 e. The minimum Gasteiger partial charge on any atom is -0.338 e. The standard InChI is InChI=1S/C25H31N7O2/c1-16(17-9-11-27-12-10-17)7-8-20(26-2)29-24-28-15-18-13-25(14-21(33)30-23(25)34)32(22(18)31-24)19-5-3-4-6-19/h7-9,15,19,27H,2-6,10-14H2,1H3,(H,28,29,31)(H,30,33,34)/b16-7+,20-8+. The van der Waals surface area contributed by atoms with Crippen LogP contribution >= 0.6 is 0 Å². The lowest BCUT2D eigenvalue weighted by Gasteiger charge is -2.38. The molecule has 5 rings (SSSR count). The molecule has 1 saturated heterocycles. The van der Waals surface area contributed by atoms with E-state index in [2.05, 4.69) is 50.5 Å². The Morgan fingerprint density at radius 3 is 2.79 bits per heavy atom. The van der Waals surface area contributed by atoms with Crippen molar-refractivity contribution < 1.29 is 9.59 Å². The topological polar surface area (TPSA) is 112 Å². The molecule has 34 heavy (non-hydrogen) atoms. The number of imide groups is 1. The Hall–Kier alpha value is -3.33. The fourth-order valence-electron chi connectivity index (χ4n) is 5.59. The third-order valence-electron chi connectivity index (χ3n) is 7.30. The second-order valence-corrected chi connectivity index (χ2v) is 9.48. The first-order valence-corrected chi connectivity index (χ1v) is 12.0. The number of allylic oxidation sites excluding steroid dienone is 3. The highest BCUT2D eigenvalue weighted by molar-refractivity contribution is 6.11. The summed E-state index contributed by atoms with van der Waals surface area (Å²) in [6, 6.07) is 0.192. The lowest BCUT2D eigenvalue weighted by Crippen LogP contribution is -2.56. The first-order chi connectivity index (χ1) is 16.5. The summed E-state index contributed by atoms with van der Waals surface area (Å²) in [5.41, 5.74) is 2.52. The summed E-state index contributed by atoms with van der Waals surface area (Å²) in [5.74, 6) is 1.23. The van der Waals surface area contributed by atoms with Gasteiger partial charge in [-0.25, -0.2) is 9.98 Å². The number of aliphatic imine (C=N–C) groups is 1. The van der Waals surface area contributed by atoms with Crippen molar-refractivity contribution in [3.8, 4) is 0 Å². The van der Waals surface area contributed by atoms with E-state index < -0.39 is 5.54 Å². The van der Waals surface area contributed by atoms with Crippen LogP contribution in [0.3, 0.4) is 0 Å². The Bertz CT molecular complexity index is 1120. The van der Waals surface area contributed by atoms with Crippen LogP contribution in [0.1, 0.15) is 51.0 Å². The smallest absolute Gasteiger partial charge is 0.253 e. The molecule has 2 amide bonds. The Morgan fingerprint density at radius 2 is 2.12 bits per heavy atom. The van der Waals surface area contributed by atoms with E-state index in [4.69, 9.17) is 4.98 Å². The number of carbonyl (C=O) groups excluding carboxylic acids is 2. The van der Waals surface area contributed by atoms with Crippen LogP contribution < -0.4 is 20.9 Å². The minimum atomic E-state index is -0.889. The number of anilines is 2. The lowest BCUT2D eigenvalue weighted by atomic mass is 9.91. The second-order valence-electron chi connectivity index (χ2n) is 9.48. The molecule has 4 heterocycles. The van der Waals surface area contributed by atoms with Crippen molar-refractivity contribution in [3.05, 3.63) is 47.0 Å². The highest BCUT2D eigenvalue weighted by Gasteiger charge is 2.58. The highest BCUT2D eigenvalue weighted by Crippen LogP contribution is 2.46. The summed E-state index contributed by atoms with van der Waals surface area (Å²) in [6.07, 6.45) is 13.7. The SMILES string of the molecule is C=N/C(=C\C=C(/C)C1=CCNCC1)Nc1ncc2c(n1)N(C1CCCC1)C1(CC(=O)NC1=O)C2. The lowest BCUT2D eigenvalue weighted by molar-refractivity contribution is -0.126. The Kier molecular flexibility index (Phi) is 6.03. The van der Waals surface area contributed by atoms with Gasteiger partial charge in [0.05, 0.1) is 6.42 Å². The number of fused-ring (bicyclic) bond motifs is 1. The van der Waals surface area contributed by atoms with Gasteiger partial charge in [0.25, 0.3) is 5.91 Å². The number of amides is 2. The van der Waals surface area contributed by atoms with Crippen molar-refractivity contribution in [1.29, 1.82) is 0 Å². The zero-order valence-electron chi connectivity index (χ0n) is 19.6. The molecule has 1 saturated carbocycles. The van der Waals surface area contributed by atoms with Crippen LogP contribution in [0.15, 0.2) is 46.4 Å². The van der Waals surface area contributed by atoms with E-state index in [1.54, 1.807) is 6.20 Å². The quantitative estimate of drug-likeness (QED) is 0.339. The summed E-state index contributed by atoms with van der Waals surface area (Å²) in [7, 11) is 0. The first-order valence-electron chi connectivity index (χ1n) is 12.0. The van der Waals surface area contributed by atoms with E-state index in [1.165, 1.54) is 11.1 Å². The average Bonchev–Trinajstić information content (AvgIpc) is 3.54. The van der Waals surface area contributed by atoms with Crippen LogP contribution in [0.2, 0.25) is 0 Å². The van der Waals surface area contributed by atoms with Crippen molar-refractivity contribution in [2.24, 2.45) is 4.99 Å². The van der Waals surface area contributed by atoms with Crippen molar-refractivity contribution in [3.63, 3.8) is 0 Å². The van der Waals surface area contributed by atoms with Gasteiger partial charge in [0.15, 0.2) is 0 Å². The van der Waals surface area contributed by atoms with Crippen molar-refractivity contribution in [2.45, 2.75) is 63.5 Å². The van der Waals surface area contributed by atoms with E-state index in [1.807, 2.05) is 12.2 Å². The fraction of sp³-hybridized carbons (Fsp3) is 0.480. The van der Waals surface area contributed by atoms with Gasteiger partial charge in [-0.1, -0.05) is 25.0 Å². The maximum absolute atomic E-state index is 12.9. The molecule has 1 atom stereocenters. The van der Waals surface area contributed by atoms with Crippen molar-refractivity contribution in [2.75, 3.05) is 23.3 Å². The van der Waals surface area contributed by atoms with Gasteiger partial charge in [-0.15, -0.1) is 0 Å². The summed E-state index contributed by atoms with van der Waals surface area (Å²) in [4.78, 5) is 40.6. The molecule has 1 aromatic rings. The van der Waals surface area contributed by atoms with Gasteiger partial charge < -0.3 is 15.5 Å². The van der Waals surface area contributed by atoms with Crippen LogP contribution in [0.5, 0.6) is 0 Å². The van der Waals surface area contributed by atoms with Gasteiger partial charge in [0.2, 0.25) is 11.9 Å². The molecule has 4 aliphatic rings. The number of nitrogens with one attached hydrogen (secondary N) is 3. The van der Waals surface area contributed by atoms with Gasteiger partial charge >= 0.3 is 0 Å². The monoisotopic (exact) mass is 461 g/mol. The molecule has 2 fully saturated rings. The third-order valence-corrected chi connectivity index (χ3v) is 7.30. The van der Waals surface area contributed by atoms with E-state index in [9.17, 15) is 9.59 Å². The van der Waals surface area contributed by atoms with Crippen LogP contribution in [-0.2, 0) is 16.0 Å². The van der Waals surface area contributed by atoms with Crippen LogP contribution in [0.25, 0.3) is 0 Å². The molecular weight excluding hydrogens is 430 g/mol. The Labute approximate surface area is 199 Å². The third kappa shape index (κ3) is 4.04. The summed E-state index contributed by atoms with van der Waals surface area (Å²) < 4.78 is 0. The minimum absolute atomic E-state index is 0.163. The molecule has 178 valence electrons. The Morgan fingerprint density at radius 1 is 1.29 bits per heavy atom. The predicted molar refractivity (Wildman–Crippen MR) is 132 cm³/mol. The largest absolute Gasteiger partial charge is 0.338 e. The zero-order chi connectivity index (χ0) is 23.7. The predicted octanol–water partition coefficient (Wildman–Crippen LogP) is 2.39. The molecule has 9 nitrogen and oxygen atoms in total. The first kappa shape index (κ1) is 22.5. The number of carbonyl (C=O) groups is 2. The summed E-state index contributed by atoms with van der Waals surface area (Å²) in [5, 5.41) is 9.00. The Balaban J connectivity index is 1.42. The molecule has 1 unspecified atom stereocenters. The number of hydrogen-bond donors (Lipinski definition) is 3. The molecule has 3 aliphatic heterocycles. The average molecular weight is 462 g/mol. The molecule has 1 aromatic heterocycles. The highest BCUT2D eigenvalue weighted by atomic mass is 16.2. The summed E-state index contributed by atoms with van der Waals surface area (Å²) in [6.45, 7) is 7.65. The van der Waals surface area contributed by atoms with E-state index in [0.29, 0.717) is 18.2 Å². The molecule has 9 heteroatoms. The van der Waals surface area contributed by atoms with Crippen LogP contribution in [0.4, 0.5) is 11.8 Å². The fourth-order valence-corrected chi connectivity index (χ4v) is 5.59. The molecule has 0 bridgehead atoms. The number of hydrogen-bond acceptors (Lipinski definition) is 8. The molecule has 0 radical (unpaired) electrons. The van der Waals surface area contributed by atoms with Gasteiger partial charge in [0, 0.05) is 30.8 Å². The molecule has 0 aromatic carbocycles. The number of rotatable bonds is 6. The van der Waals surface area contributed by atoms with Gasteiger partial charge in [-0.3, -0.25) is 14.9 Å². The van der Waals surface area contributed by atoms with Gasteiger partial charge in [0.1, 0.15) is 17.2 Å².